The SMILES string of the molecule is CC(C)CNCc1nnc(N2CCC(C)(C)C2)o1. The fourth-order valence-electron chi connectivity index (χ4n) is 2.19. The first-order valence-electron chi connectivity index (χ1n) is 6.74. The summed E-state index contributed by atoms with van der Waals surface area (Å²) >= 11 is 0. The predicted octanol–water partition coefficient (Wildman–Crippen LogP) is 2.05. The van der Waals surface area contributed by atoms with Gasteiger partial charge in [0.2, 0.25) is 5.89 Å². The molecule has 1 saturated heterocycles. The monoisotopic (exact) mass is 252 g/mol. The van der Waals surface area contributed by atoms with Crippen molar-refractivity contribution < 1.29 is 4.42 Å². The summed E-state index contributed by atoms with van der Waals surface area (Å²) in [4.78, 5) is 2.18. The summed E-state index contributed by atoms with van der Waals surface area (Å²) in [6, 6.07) is 0.668. The van der Waals surface area contributed by atoms with Crippen molar-refractivity contribution >= 4 is 6.01 Å². The Morgan fingerprint density at radius 3 is 2.78 bits per heavy atom. The Morgan fingerprint density at radius 2 is 2.17 bits per heavy atom. The molecule has 0 unspecified atom stereocenters. The van der Waals surface area contributed by atoms with Crippen molar-refractivity contribution in [2.45, 2.75) is 40.7 Å². The minimum atomic E-state index is 0.352. The van der Waals surface area contributed by atoms with Crippen LogP contribution in [0.25, 0.3) is 0 Å². The van der Waals surface area contributed by atoms with Gasteiger partial charge in [0.05, 0.1) is 6.54 Å². The first-order valence-corrected chi connectivity index (χ1v) is 6.74. The maximum absolute atomic E-state index is 5.68. The number of hydrogen-bond donors (Lipinski definition) is 1. The van der Waals surface area contributed by atoms with Crippen LogP contribution in [0.3, 0.4) is 0 Å². The summed E-state index contributed by atoms with van der Waals surface area (Å²) < 4.78 is 5.68. The average molecular weight is 252 g/mol. The molecule has 0 amide bonds. The fraction of sp³-hybridized carbons (Fsp3) is 0.846. The van der Waals surface area contributed by atoms with Crippen LogP contribution in [0.2, 0.25) is 0 Å². The average Bonchev–Trinajstić information content (AvgIpc) is 2.84. The third kappa shape index (κ3) is 3.45. The van der Waals surface area contributed by atoms with Gasteiger partial charge in [-0.15, -0.1) is 5.10 Å². The molecule has 0 aliphatic carbocycles. The summed E-state index contributed by atoms with van der Waals surface area (Å²) in [7, 11) is 0. The van der Waals surface area contributed by atoms with E-state index >= 15 is 0 Å². The van der Waals surface area contributed by atoms with Gasteiger partial charge >= 0.3 is 6.01 Å². The molecule has 0 aromatic carbocycles. The second-order valence-corrected chi connectivity index (χ2v) is 6.34. The maximum Gasteiger partial charge on any atom is 0.318 e. The Labute approximate surface area is 109 Å². The quantitative estimate of drug-likeness (QED) is 0.869. The molecule has 2 rings (SSSR count). The maximum atomic E-state index is 5.68. The molecule has 5 heteroatoms. The first kappa shape index (κ1) is 13.3. The summed E-state index contributed by atoms with van der Waals surface area (Å²) in [6.07, 6.45) is 1.18. The van der Waals surface area contributed by atoms with E-state index in [-0.39, 0.29) is 0 Å². The van der Waals surface area contributed by atoms with Gasteiger partial charge in [-0.2, -0.15) is 0 Å². The molecule has 1 fully saturated rings. The number of nitrogens with zero attached hydrogens (tertiary/aromatic N) is 3. The van der Waals surface area contributed by atoms with Crippen LogP contribution in [-0.2, 0) is 6.54 Å². The van der Waals surface area contributed by atoms with Gasteiger partial charge in [0.15, 0.2) is 0 Å². The molecule has 2 heterocycles. The zero-order valence-electron chi connectivity index (χ0n) is 11.9. The lowest BCUT2D eigenvalue weighted by Gasteiger charge is -2.17. The first-order chi connectivity index (χ1) is 8.46. The van der Waals surface area contributed by atoms with Crippen LogP contribution in [0.15, 0.2) is 4.42 Å². The second kappa shape index (κ2) is 5.26. The van der Waals surface area contributed by atoms with Crippen LogP contribution in [0.1, 0.15) is 40.0 Å². The van der Waals surface area contributed by atoms with Crippen molar-refractivity contribution in [1.82, 2.24) is 15.5 Å². The van der Waals surface area contributed by atoms with Crippen molar-refractivity contribution in [2.75, 3.05) is 24.5 Å². The van der Waals surface area contributed by atoms with Crippen molar-refractivity contribution in [2.24, 2.45) is 11.3 Å². The zero-order valence-corrected chi connectivity index (χ0v) is 11.9. The van der Waals surface area contributed by atoms with Gasteiger partial charge in [-0.25, -0.2) is 0 Å². The number of nitrogens with one attached hydrogen (secondary N) is 1. The van der Waals surface area contributed by atoms with E-state index in [0.717, 1.165) is 19.6 Å². The van der Waals surface area contributed by atoms with Gasteiger partial charge in [0.1, 0.15) is 0 Å². The van der Waals surface area contributed by atoms with E-state index in [0.29, 0.717) is 29.8 Å². The molecule has 1 N–H and O–H groups in total. The Kier molecular flexibility index (Phi) is 3.90. The van der Waals surface area contributed by atoms with Gasteiger partial charge < -0.3 is 14.6 Å². The van der Waals surface area contributed by atoms with E-state index in [2.05, 4.69) is 48.1 Å². The van der Waals surface area contributed by atoms with E-state index in [4.69, 9.17) is 4.42 Å². The molecule has 0 spiro atoms. The fourth-order valence-corrected chi connectivity index (χ4v) is 2.19. The highest BCUT2D eigenvalue weighted by molar-refractivity contribution is 5.27. The number of hydrogen-bond acceptors (Lipinski definition) is 5. The van der Waals surface area contributed by atoms with Crippen LogP contribution >= 0.6 is 0 Å². The minimum Gasteiger partial charge on any atom is -0.407 e. The molecule has 102 valence electrons. The standard InChI is InChI=1S/C13H24N4O/c1-10(2)7-14-8-11-15-16-12(18-11)17-6-5-13(3,4)9-17/h10,14H,5-9H2,1-4H3. The lowest BCUT2D eigenvalue weighted by molar-refractivity contribution is 0.411. The molecule has 0 bridgehead atoms. The molecule has 0 atom stereocenters. The van der Waals surface area contributed by atoms with Crippen LogP contribution in [0.5, 0.6) is 0 Å². The van der Waals surface area contributed by atoms with Gasteiger partial charge in [0, 0.05) is 13.1 Å². The van der Waals surface area contributed by atoms with Crippen LogP contribution in [0.4, 0.5) is 6.01 Å². The van der Waals surface area contributed by atoms with Gasteiger partial charge in [-0.1, -0.05) is 32.8 Å². The highest BCUT2D eigenvalue weighted by atomic mass is 16.4. The van der Waals surface area contributed by atoms with Crippen molar-refractivity contribution in [3.8, 4) is 0 Å². The Hall–Kier alpha value is -1.10. The van der Waals surface area contributed by atoms with Crippen molar-refractivity contribution in [1.29, 1.82) is 0 Å². The Bertz CT molecular complexity index is 386. The van der Waals surface area contributed by atoms with Crippen LogP contribution in [-0.4, -0.2) is 29.8 Å². The van der Waals surface area contributed by atoms with Crippen molar-refractivity contribution in [3.63, 3.8) is 0 Å². The van der Waals surface area contributed by atoms with Crippen LogP contribution in [0, 0.1) is 11.3 Å². The topological polar surface area (TPSA) is 54.2 Å². The van der Waals surface area contributed by atoms with Crippen LogP contribution < -0.4 is 10.2 Å². The molecule has 5 nitrogen and oxygen atoms in total. The lowest BCUT2D eigenvalue weighted by atomic mass is 9.93. The molecule has 1 aliphatic heterocycles. The Morgan fingerprint density at radius 1 is 1.39 bits per heavy atom. The molecule has 18 heavy (non-hydrogen) atoms. The summed E-state index contributed by atoms with van der Waals surface area (Å²) in [5.41, 5.74) is 0.352. The van der Waals surface area contributed by atoms with Gasteiger partial charge in [0.25, 0.3) is 0 Å². The Balaban J connectivity index is 1.87. The minimum absolute atomic E-state index is 0.352. The lowest BCUT2D eigenvalue weighted by Crippen LogP contribution is -2.22. The molecular formula is C13H24N4O. The molecule has 1 aromatic heterocycles. The van der Waals surface area contributed by atoms with E-state index < -0.39 is 0 Å². The summed E-state index contributed by atoms with van der Waals surface area (Å²) in [6.45, 7) is 12.5. The third-order valence-corrected chi connectivity index (χ3v) is 3.23. The molecule has 0 saturated carbocycles. The second-order valence-electron chi connectivity index (χ2n) is 6.34. The number of rotatable bonds is 5. The van der Waals surface area contributed by atoms with E-state index in [1.54, 1.807) is 0 Å². The number of aromatic nitrogens is 2. The normalized spacial score (nSPS) is 18.8. The molecule has 1 aliphatic rings. The highest BCUT2D eigenvalue weighted by Crippen LogP contribution is 2.31. The third-order valence-electron chi connectivity index (χ3n) is 3.23. The van der Waals surface area contributed by atoms with E-state index in [1.807, 2.05) is 0 Å². The van der Waals surface area contributed by atoms with Gasteiger partial charge in [-0.3, -0.25) is 0 Å². The van der Waals surface area contributed by atoms with E-state index in [1.165, 1.54) is 6.42 Å². The predicted molar refractivity (Wildman–Crippen MR) is 71.5 cm³/mol. The highest BCUT2D eigenvalue weighted by Gasteiger charge is 2.31. The summed E-state index contributed by atoms with van der Waals surface area (Å²) in [5, 5.41) is 11.5. The zero-order chi connectivity index (χ0) is 13.2. The molecule has 1 aromatic rings. The van der Waals surface area contributed by atoms with Crippen molar-refractivity contribution in [3.05, 3.63) is 5.89 Å². The smallest absolute Gasteiger partial charge is 0.318 e. The molecular weight excluding hydrogens is 228 g/mol. The van der Waals surface area contributed by atoms with E-state index in [9.17, 15) is 0 Å². The van der Waals surface area contributed by atoms with Gasteiger partial charge in [-0.05, 0) is 24.3 Å². The molecule has 0 radical (unpaired) electrons. The largest absolute Gasteiger partial charge is 0.407 e. The summed E-state index contributed by atoms with van der Waals surface area (Å²) in [5.74, 6) is 1.31. The number of anilines is 1.